The first-order valence-corrected chi connectivity index (χ1v) is 12.1. The van der Waals surface area contributed by atoms with Crippen LogP contribution in [0.3, 0.4) is 0 Å². The van der Waals surface area contributed by atoms with Gasteiger partial charge >= 0.3 is 5.97 Å². The van der Waals surface area contributed by atoms with Crippen molar-refractivity contribution >= 4 is 77.0 Å². The minimum Gasteiger partial charge on any atom is -0.477 e. The quantitative estimate of drug-likeness (QED) is 0.120. The lowest BCUT2D eigenvalue weighted by Crippen LogP contribution is -2.71. The number of nitrogens with one attached hydrogen (secondary N) is 1. The highest BCUT2D eigenvalue weighted by molar-refractivity contribution is 8.01. The molecular weight excluding hydrogens is 559 g/mol. The minimum atomic E-state index is -1.24. The second-order valence-corrected chi connectivity index (χ2v) is 9.48. The number of β-lactam (4-membered cyclic amide) rings is 1. The van der Waals surface area contributed by atoms with Crippen LogP contribution in [-0.2, 0) is 26.3 Å². The fourth-order valence-corrected chi connectivity index (χ4v) is 5.88. The number of nitrogens with zero attached hydrogens (tertiary/aromatic N) is 8. The highest BCUT2D eigenvalue weighted by Crippen LogP contribution is 2.41. The van der Waals surface area contributed by atoms with Crippen molar-refractivity contribution in [1.82, 2.24) is 40.4 Å². The Morgan fingerprint density at radius 2 is 2.19 bits per heavy atom. The van der Waals surface area contributed by atoms with E-state index in [1.165, 1.54) is 46.3 Å². The maximum absolute atomic E-state index is 12.9. The number of thioether (sulfide) groups is 2. The lowest BCUT2D eigenvalue weighted by molar-refractivity contribution is -0.150. The first kappa shape index (κ1) is 27.4. The van der Waals surface area contributed by atoms with Crippen molar-refractivity contribution in [3.05, 3.63) is 28.2 Å². The predicted octanol–water partition coefficient (Wildman–Crippen LogP) is -0.461. The Morgan fingerprint density at radius 1 is 1.44 bits per heavy atom. The van der Waals surface area contributed by atoms with Crippen molar-refractivity contribution in [2.24, 2.45) is 12.2 Å². The van der Waals surface area contributed by atoms with Crippen LogP contribution in [0.25, 0.3) is 0 Å². The average molecular weight is 577 g/mol. The van der Waals surface area contributed by atoms with E-state index < -0.39 is 29.2 Å². The van der Waals surface area contributed by atoms with Crippen LogP contribution in [0.15, 0.2) is 27.6 Å². The van der Waals surface area contributed by atoms with Gasteiger partial charge in [-0.15, -0.1) is 29.3 Å². The first-order valence-electron chi connectivity index (χ1n) is 9.68. The number of aromatic nitrogens is 6. The number of carboxylic acids is 1. The zero-order chi connectivity index (χ0) is 25.3. The van der Waals surface area contributed by atoms with Crippen molar-refractivity contribution in [2.45, 2.75) is 16.6 Å². The molecule has 0 saturated carbocycles. The maximum Gasteiger partial charge on any atom is 0.352 e. The molecule has 2 amide bonds. The average Bonchev–Trinajstić information content (AvgIpc) is 3.22. The number of fused-ring (bicyclic) bond motifs is 1. The van der Waals surface area contributed by atoms with E-state index in [2.05, 4.69) is 36.0 Å². The van der Waals surface area contributed by atoms with Gasteiger partial charge in [0.2, 0.25) is 11.1 Å². The lowest BCUT2D eigenvalue weighted by Gasteiger charge is -2.49. The Bertz CT molecular complexity index is 1250. The van der Waals surface area contributed by atoms with Crippen molar-refractivity contribution in [3.8, 4) is 0 Å². The molecular formula is C17H18Cl2N10O5S2. The highest BCUT2D eigenvalue weighted by atomic mass is 35.5. The number of amides is 2. The van der Waals surface area contributed by atoms with Crippen LogP contribution < -0.4 is 11.1 Å². The number of hydrogen-bond acceptors (Lipinski definition) is 13. The Morgan fingerprint density at radius 3 is 2.81 bits per heavy atom. The van der Waals surface area contributed by atoms with E-state index in [-0.39, 0.29) is 46.4 Å². The van der Waals surface area contributed by atoms with Crippen molar-refractivity contribution in [2.75, 3.05) is 24.3 Å². The van der Waals surface area contributed by atoms with E-state index in [1.807, 2.05) is 0 Å². The van der Waals surface area contributed by atoms with Gasteiger partial charge in [0, 0.05) is 24.6 Å². The van der Waals surface area contributed by atoms with Gasteiger partial charge in [-0.2, -0.15) is 0 Å². The van der Waals surface area contributed by atoms with E-state index in [4.69, 9.17) is 22.2 Å². The number of anilines is 1. The number of aryl methyl sites for hydroxylation is 1. The zero-order valence-corrected chi connectivity index (χ0v) is 21.7. The van der Waals surface area contributed by atoms with E-state index in [0.717, 1.165) is 0 Å². The number of tetrazole rings is 1. The largest absolute Gasteiger partial charge is 0.477 e. The molecule has 0 radical (unpaired) electrons. The molecule has 192 valence electrons. The Hall–Kier alpha value is -3.15. The van der Waals surface area contributed by atoms with Gasteiger partial charge in [0.15, 0.2) is 5.71 Å². The summed E-state index contributed by atoms with van der Waals surface area (Å²) in [7, 11) is 2.89. The molecule has 36 heavy (non-hydrogen) atoms. The van der Waals surface area contributed by atoms with E-state index in [9.17, 15) is 19.5 Å². The smallest absolute Gasteiger partial charge is 0.352 e. The monoisotopic (exact) mass is 576 g/mol. The van der Waals surface area contributed by atoms with Crippen molar-refractivity contribution in [3.63, 3.8) is 0 Å². The summed E-state index contributed by atoms with van der Waals surface area (Å²) < 4.78 is 1.46. The number of carbonyl (C=O) groups is 3. The Balaban J connectivity index is 0.00000361. The van der Waals surface area contributed by atoms with Crippen LogP contribution in [0.4, 0.5) is 5.95 Å². The first-order chi connectivity index (χ1) is 16.7. The van der Waals surface area contributed by atoms with Crippen LogP contribution in [0, 0.1) is 0 Å². The minimum absolute atomic E-state index is 0. The number of carbonyl (C=O) groups excluding carboxylic acids is 2. The number of carboxylic acid groups (broad SMARTS) is 1. The molecule has 1 saturated heterocycles. The third kappa shape index (κ3) is 5.32. The number of nitrogen functional groups attached to an aromatic ring is 1. The van der Waals surface area contributed by atoms with Gasteiger partial charge in [0.1, 0.15) is 35.1 Å². The van der Waals surface area contributed by atoms with Gasteiger partial charge < -0.3 is 21.0 Å². The number of oxime groups is 1. The van der Waals surface area contributed by atoms with Crippen LogP contribution in [0.5, 0.6) is 0 Å². The van der Waals surface area contributed by atoms with Crippen LogP contribution >= 0.6 is 47.5 Å². The summed E-state index contributed by atoms with van der Waals surface area (Å²) in [5, 5.41) is 27.1. The molecule has 19 heteroatoms. The summed E-state index contributed by atoms with van der Waals surface area (Å²) in [6, 6.07) is 0.275. The second-order valence-electron chi connectivity index (χ2n) is 7.05. The number of aliphatic carboxylic acids is 1. The molecule has 0 aliphatic carbocycles. The van der Waals surface area contributed by atoms with Gasteiger partial charge in [-0.05, 0) is 16.0 Å². The van der Waals surface area contributed by atoms with Crippen LogP contribution in [0.1, 0.15) is 5.69 Å². The molecule has 0 bridgehead atoms. The summed E-state index contributed by atoms with van der Waals surface area (Å²) in [6.45, 7) is 0. The van der Waals surface area contributed by atoms with Crippen LogP contribution in [0.2, 0.25) is 5.15 Å². The molecule has 0 spiro atoms. The number of hydrogen-bond donors (Lipinski definition) is 3. The zero-order valence-electron chi connectivity index (χ0n) is 18.5. The summed E-state index contributed by atoms with van der Waals surface area (Å²) >= 11 is 8.46. The third-order valence-electron chi connectivity index (χ3n) is 4.85. The maximum atomic E-state index is 12.9. The molecule has 2 aromatic heterocycles. The lowest BCUT2D eigenvalue weighted by atomic mass is 10.0. The van der Waals surface area contributed by atoms with Gasteiger partial charge in [-0.3, -0.25) is 14.5 Å². The molecule has 2 aliphatic rings. The SMILES string of the molecule is CON=C(C(=O)NC1C(=O)N2C(C(=O)O)=C(CSc3nnnn3C)CS[C@H]12)c1cc(Cl)nc(N)n1.Cl. The molecule has 0 aromatic carbocycles. The number of nitrogens with two attached hydrogens (primary N) is 1. The second kappa shape index (κ2) is 11.3. The van der Waals surface area contributed by atoms with Crippen LogP contribution in [-0.4, -0.2) is 93.7 Å². The highest BCUT2D eigenvalue weighted by Gasteiger charge is 2.54. The summed E-state index contributed by atoms with van der Waals surface area (Å²) in [4.78, 5) is 51.4. The fraction of sp³-hybridized carbons (Fsp3) is 0.353. The standard InChI is InChI=1S/C17H17ClN10O5S2.ClH/c1-27-17(23-25-26-27)35-5-6-4-34-14-10(13(30)28(14)11(6)15(31)32)22-12(29)9(24-33-2)7-3-8(18)21-16(19)20-7;/h3,10,14H,4-5H2,1-2H3,(H,22,29)(H,31,32)(H2,19,20,21);1H/t10?,14-;/m1./s1. The van der Waals surface area contributed by atoms with Gasteiger partial charge in [-0.25, -0.2) is 19.4 Å². The summed E-state index contributed by atoms with van der Waals surface area (Å²) in [5.74, 6) is -2.18. The topological polar surface area (TPSA) is 204 Å². The molecule has 2 aliphatic heterocycles. The Kier molecular flexibility index (Phi) is 8.59. The fourth-order valence-electron chi connectivity index (χ4n) is 3.35. The van der Waals surface area contributed by atoms with E-state index in [0.29, 0.717) is 16.5 Å². The molecule has 2 aromatic rings. The molecule has 2 atom stereocenters. The Labute approximate surface area is 222 Å². The van der Waals surface area contributed by atoms with Gasteiger partial charge in [-0.1, -0.05) is 28.5 Å². The molecule has 15 nitrogen and oxygen atoms in total. The van der Waals surface area contributed by atoms with E-state index >= 15 is 0 Å². The third-order valence-corrected chi connectivity index (χ3v) is 7.48. The number of rotatable bonds is 8. The molecule has 1 unspecified atom stereocenters. The van der Waals surface area contributed by atoms with E-state index in [1.54, 1.807) is 7.05 Å². The molecule has 4 heterocycles. The number of halogens is 2. The summed E-state index contributed by atoms with van der Waals surface area (Å²) in [5.41, 5.74) is 5.72. The predicted molar refractivity (Wildman–Crippen MR) is 131 cm³/mol. The molecule has 4 rings (SSSR count). The van der Waals surface area contributed by atoms with Gasteiger partial charge in [0.25, 0.3) is 11.8 Å². The summed E-state index contributed by atoms with van der Waals surface area (Å²) in [6.07, 6.45) is 0. The molecule has 1 fully saturated rings. The molecule has 4 N–H and O–H groups in total. The normalized spacial score (nSPS) is 19.2. The van der Waals surface area contributed by atoms with Crippen molar-refractivity contribution in [1.29, 1.82) is 0 Å². The van der Waals surface area contributed by atoms with Crippen molar-refractivity contribution < 1.29 is 24.3 Å². The van der Waals surface area contributed by atoms with Gasteiger partial charge in [0.05, 0.1) is 0 Å².